The van der Waals surface area contributed by atoms with Crippen LogP contribution in [0.15, 0.2) is 72.9 Å². The fourth-order valence-electron chi connectivity index (χ4n) is 3.37. The second-order valence-corrected chi connectivity index (χ2v) is 7.11. The molecule has 2 amide bonds. The summed E-state index contributed by atoms with van der Waals surface area (Å²) in [7, 11) is 3.96. The van der Waals surface area contributed by atoms with Gasteiger partial charge < -0.3 is 4.90 Å². The number of fused-ring (bicyclic) bond motifs is 1. The van der Waals surface area contributed by atoms with Gasteiger partial charge in [-0.05, 0) is 47.5 Å². The Labute approximate surface area is 169 Å². The molecule has 0 saturated carbocycles. The molecule has 2 aromatic carbocycles. The van der Waals surface area contributed by atoms with E-state index in [2.05, 4.69) is 4.98 Å². The minimum absolute atomic E-state index is 0.143. The van der Waals surface area contributed by atoms with Crippen LogP contribution in [0.25, 0.3) is 11.6 Å². The second kappa shape index (κ2) is 7.72. The molecule has 0 N–H and O–H groups in total. The van der Waals surface area contributed by atoms with Crippen LogP contribution in [0.2, 0.25) is 0 Å². The lowest BCUT2D eigenvalue weighted by atomic mass is 9.92. The lowest BCUT2D eigenvalue weighted by molar-refractivity contribution is -0.123. The number of hydrogen-bond acceptors (Lipinski definition) is 4. The zero-order valence-corrected chi connectivity index (χ0v) is 16.4. The van der Waals surface area contributed by atoms with Gasteiger partial charge in [0.25, 0.3) is 11.8 Å². The maximum atomic E-state index is 13.3. The summed E-state index contributed by atoms with van der Waals surface area (Å²) in [6.07, 6.45) is 3.50. The van der Waals surface area contributed by atoms with E-state index in [0.717, 1.165) is 11.3 Å². The van der Waals surface area contributed by atoms with Crippen LogP contribution in [0.1, 0.15) is 27.2 Å². The van der Waals surface area contributed by atoms with Crippen LogP contribution in [-0.2, 0) is 11.3 Å². The van der Waals surface area contributed by atoms with Gasteiger partial charge in [0.2, 0.25) is 0 Å². The summed E-state index contributed by atoms with van der Waals surface area (Å²) in [6, 6.07) is 20.7. The first-order valence-corrected chi connectivity index (χ1v) is 9.39. The number of carbonyl (C=O) groups excluding carboxylic acids is 2. The Morgan fingerprint density at radius 1 is 0.862 bits per heavy atom. The molecule has 3 aromatic rings. The monoisotopic (exact) mass is 383 g/mol. The zero-order chi connectivity index (χ0) is 20.4. The summed E-state index contributed by atoms with van der Waals surface area (Å²) >= 11 is 0. The molecule has 0 atom stereocenters. The minimum atomic E-state index is -0.309. The maximum Gasteiger partial charge on any atom is 0.261 e. The SMILES string of the molecule is CN(C)c1ccc(/C=C2\C(=O)N(Cc3ccccn3)C(=O)c3ccccc32)cc1. The first-order chi connectivity index (χ1) is 14.0. The predicted molar refractivity (Wildman–Crippen MR) is 114 cm³/mol. The summed E-state index contributed by atoms with van der Waals surface area (Å²) in [4.78, 5) is 33.8. The lowest BCUT2D eigenvalue weighted by Gasteiger charge is -2.28. The third kappa shape index (κ3) is 3.67. The number of benzene rings is 2. The number of nitrogens with zero attached hydrogens (tertiary/aromatic N) is 3. The fourth-order valence-corrected chi connectivity index (χ4v) is 3.37. The minimum Gasteiger partial charge on any atom is -0.378 e. The average molecular weight is 383 g/mol. The Kier molecular flexibility index (Phi) is 4.96. The van der Waals surface area contributed by atoms with Crippen molar-refractivity contribution in [2.45, 2.75) is 6.54 Å². The third-order valence-electron chi connectivity index (χ3n) is 4.94. The molecule has 144 valence electrons. The van der Waals surface area contributed by atoms with Crippen molar-refractivity contribution in [3.63, 3.8) is 0 Å². The summed E-state index contributed by atoms with van der Waals surface area (Å²) in [5.74, 6) is -0.604. The molecule has 1 aliphatic heterocycles. The van der Waals surface area contributed by atoms with E-state index in [0.29, 0.717) is 22.4 Å². The number of amides is 2. The van der Waals surface area contributed by atoms with E-state index >= 15 is 0 Å². The van der Waals surface area contributed by atoms with Crippen LogP contribution in [0, 0.1) is 0 Å². The van der Waals surface area contributed by atoms with Crippen LogP contribution in [0.5, 0.6) is 0 Å². The van der Waals surface area contributed by atoms with E-state index in [1.807, 2.05) is 79.7 Å². The van der Waals surface area contributed by atoms with Crippen molar-refractivity contribution in [2.75, 3.05) is 19.0 Å². The van der Waals surface area contributed by atoms with E-state index in [9.17, 15) is 9.59 Å². The van der Waals surface area contributed by atoms with E-state index in [-0.39, 0.29) is 18.4 Å². The quantitative estimate of drug-likeness (QED) is 0.507. The highest BCUT2D eigenvalue weighted by atomic mass is 16.2. The molecule has 0 saturated heterocycles. The molecule has 4 rings (SSSR count). The number of imide groups is 1. The van der Waals surface area contributed by atoms with Crippen LogP contribution in [-0.4, -0.2) is 35.8 Å². The molecular weight excluding hydrogens is 362 g/mol. The van der Waals surface area contributed by atoms with Gasteiger partial charge in [-0.2, -0.15) is 0 Å². The van der Waals surface area contributed by atoms with E-state index in [4.69, 9.17) is 0 Å². The third-order valence-corrected chi connectivity index (χ3v) is 4.94. The molecule has 0 spiro atoms. The Hall–Kier alpha value is -3.73. The van der Waals surface area contributed by atoms with Gasteiger partial charge in [0.1, 0.15) is 0 Å². The molecule has 5 nitrogen and oxygen atoms in total. The highest BCUT2D eigenvalue weighted by Crippen LogP contribution is 2.31. The molecule has 1 aliphatic rings. The number of aromatic nitrogens is 1. The molecule has 2 heterocycles. The molecule has 0 unspecified atom stereocenters. The van der Waals surface area contributed by atoms with Gasteiger partial charge in [-0.3, -0.25) is 19.5 Å². The highest BCUT2D eigenvalue weighted by molar-refractivity contribution is 6.33. The Morgan fingerprint density at radius 2 is 1.55 bits per heavy atom. The van der Waals surface area contributed by atoms with Crippen LogP contribution >= 0.6 is 0 Å². The van der Waals surface area contributed by atoms with Gasteiger partial charge in [-0.1, -0.05) is 36.4 Å². The first-order valence-electron chi connectivity index (χ1n) is 9.39. The molecule has 0 radical (unpaired) electrons. The maximum absolute atomic E-state index is 13.3. The molecule has 1 aromatic heterocycles. The molecule has 0 aliphatic carbocycles. The second-order valence-electron chi connectivity index (χ2n) is 7.11. The van der Waals surface area contributed by atoms with Gasteiger partial charge in [-0.25, -0.2) is 0 Å². The number of pyridine rings is 1. The summed E-state index contributed by atoms with van der Waals surface area (Å²) in [5.41, 5.74) is 4.35. The normalized spacial score (nSPS) is 14.8. The topological polar surface area (TPSA) is 53.5 Å². The molecule has 5 heteroatoms. The molecule has 29 heavy (non-hydrogen) atoms. The summed E-state index contributed by atoms with van der Waals surface area (Å²) < 4.78 is 0. The van der Waals surface area contributed by atoms with Gasteiger partial charge in [0.15, 0.2) is 0 Å². The summed E-state index contributed by atoms with van der Waals surface area (Å²) in [5, 5.41) is 0. The number of carbonyl (C=O) groups is 2. The average Bonchev–Trinajstić information content (AvgIpc) is 2.75. The van der Waals surface area contributed by atoms with Crippen LogP contribution in [0.3, 0.4) is 0 Å². The van der Waals surface area contributed by atoms with Crippen LogP contribution < -0.4 is 4.90 Å². The largest absolute Gasteiger partial charge is 0.378 e. The Morgan fingerprint density at radius 3 is 2.21 bits per heavy atom. The Bertz CT molecular complexity index is 1090. The van der Waals surface area contributed by atoms with Crippen molar-refractivity contribution in [3.05, 3.63) is 95.3 Å². The van der Waals surface area contributed by atoms with Crippen molar-refractivity contribution in [2.24, 2.45) is 0 Å². The fraction of sp³-hybridized carbons (Fsp3) is 0.125. The van der Waals surface area contributed by atoms with Crippen molar-refractivity contribution >= 4 is 29.2 Å². The molecule has 0 bridgehead atoms. The van der Waals surface area contributed by atoms with Crippen molar-refractivity contribution in [3.8, 4) is 0 Å². The van der Waals surface area contributed by atoms with Crippen molar-refractivity contribution in [1.82, 2.24) is 9.88 Å². The number of anilines is 1. The zero-order valence-electron chi connectivity index (χ0n) is 16.4. The van der Waals surface area contributed by atoms with Gasteiger partial charge >= 0.3 is 0 Å². The molecule has 0 fully saturated rings. The highest BCUT2D eigenvalue weighted by Gasteiger charge is 2.34. The van der Waals surface area contributed by atoms with Crippen LogP contribution in [0.4, 0.5) is 5.69 Å². The standard InChI is InChI=1S/C24H21N3O2/c1-26(2)19-12-10-17(11-13-19)15-22-20-8-3-4-9-21(20)23(28)27(24(22)29)16-18-7-5-6-14-25-18/h3-15H,16H2,1-2H3/b22-15-. The van der Waals surface area contributed by atoms with Gasteiger partial charge in [0.05, 0.1) is 12.2 Å². The Balaban J connectivity index is 1.76. The molecular formula is C24H21N3O2. The number of rotatable bonds is 4. The van der Waals surface area contributed by atoms with Crippen molar-refractivity contribution in [1.29, 1.82) is 0 Å². The summed E-state index contributed by atoms with van der Waals surface area (Å²) in [6.45, 7) is 0.143. The van der Waals surface area contributed by atoms with E-state index < -0.39 is 0 Å². The smallest absolute Gasteiger partial charge is 0.261 e. The van der Waals surface area contributed by atoms with Gasteiger partial charge in [0, 0.05) is 37.1 Å². The predicted octanol–water partition coefficient (Wildman–Crippen LogP) is 3.87. The van der Waals surface area contributed by atoms with Crippen molar-refractivity contribution < 1.29 is 9.59 Å². The number of hydrogen-bond donors (Lipinski definition) is 0. The first kappa shape index (κ1) is 18.6. The van der Waals surface area contributed by atoms with E-state index in [1.54, 1.807) is 18.3 Å². The van der Waals surface area contributed by atoms with E-state index in [1.165, 1.54) is 4.90 Å². The lowest BCUT2D eigenvalue weighted by Crippen LogP contribution is -2.41. The van der Waals surface area contributed by atoms with Gasteiger partial charge in [-0.15, -0.1) is 0 Å².